The molecule has 0 aliphatic carbocycles. The highest BCUT2D eigenvalue weighted by Gasteiger charge is 2.55. The summed E-state index contributed by atoms with van der Waals surface area (Å²) in [6.07, 6.45) is 0. The largest absolute Gasteiger partial charge is 0.484 e. The van der Waals surface area contributed by atoms with Crippen molar-refractivity contribution in [2.75, 3.05) is 45.9 Å². The van der Waals surface area contributed by atoms with Crippen LogP contribution in [0.2, 0.25) is 0 Å². The number of benzene rings is 2. The Morgan fingerprint density at radius 3 is 2.21 bits per heavy atom. The van der Waals surface area contributed by atoms with Crippen molar-refractivity contribution in [2.24, 2.45) is 5.92 Å². The van der Waals surface area contributed by atoms with Crippen LogP contribution in [0.25, 0.3) is 0 Å². The van der Waals surface area contributed by atoms with E-state index in [1.54, 1.807) is 0 Å². The van der Waals surface area contributed by atoms with E-state index in [9.17, 15) is 4.79 Å². The number of amides is 1. The van der Waals surface area contributed by atoms with E-state index in [-0.39, 0.29) is 24.0 Å². The lowest BCUT2D eigenvalue weighted by Gasteiger charge is -2.55. The van der Waals surface area contributed by atoms with Crippen LogP contribution in [0.4, 0.5) is 0 Å². The molecule has 28 heavy (non-hydrogen) atoms. The van der Waals surface area contributed by atoms with E-state index in [1.165, 1.54) is 5.56 Å². The minimum Gasteiger partial charge on any atom is -0.484 e. The van der Waals surface area contributed by atoms with Gasteiger partial charge in [0.1, 0.15) is 5.75 Å². The second-order valence-corrected chi connectivity index (χ2v) is 8.40. The molecule has 4 bridgehead atoms. The first-order chi connectivity index (χ1) is 13.7. The SMILES string of the molecule is O=C(COc1ccccc1)N[C@H]1C2CN3CCN(C2)CC1(c1ccccc1)C3. The maximum atomic E-state index is 12.8. The smallest absolute Gasteiger partial charge is 0.258 e. The van der Waals surface area contributed by atoms with Gasteiger partial charge in [0, 0.05) is 56.6 Å². The fraction of sp³-hybridized carbons (Fsp3) is 0.435. The van der Waals surface area contributed by atoms with Crippen molar-refractivity contribution < 1.29 is 9.53 Å². The van der Waals surface area contributed by atoms with E-state index >= 15 is 0 Å². The first kappa shape index (κ1) is 17.7. The van der Waals surface area contributed by atoms with Crippen molar-refractivity contribution in [3.8, 4) is 5.75 Å². The lowest BCUT2D eigenvalue weighted by atomic mass is 9.64. The van der Waals surface area contributed by atoms with Crippen LogP contribution in [0.5, 0.6) is 5.75 Å². The van der Waals surface area contributed by atoms with Crippen LogP contribution in [0.3, 0.4) is 0 Å². The summed E-state index contributed by atoms with van der Waals surface area (Å²) in [6.45, 7) is 6.46. The van der Waals surface area contributed by atoms with Gasteiger partial charge in [-0.15, -0.1) is 0 Å². The molecule has 2 unspecified atom stereocenters. The molecule has 146 valence electrons. The zero-order chi connectivity index (χ0) is 19.0. The summed E-state index contributed by atoms with van der Waals surface area (Å²) in [4.78, 5) is 18.0. The average molecular weight is 377 g/mol. The quantitative estimate of drug-likeness (QED) is 0.862. The highest BCUT2D eigenvalue weighted by Crippen LogP contribution is 2.43. The number of hydrogen-bond donors (Lipinski definition) is 1. The number of nitrogens with one attached hydrogen (secondary N) is 1. The van der Waals surface area contributed by atoms with Crippen molar-refractivity contribution in [2.45, 2.75) is 11.5 Å². The van der Waals surface area contributed by atoms with Crippen molar-refractivity contribution in [1.82, 2.24) is 15.1 Å². The molecule has 0 spiro atoms. The molecule has 2 aromatic carbocycles. The molecule has 0 aromatic heterocycles. The van der Waals surface area contributed by atoms with Gasteiger partial charge in [0.2, 0.25) is 0 Å². The number of hydrogen-bond acceptors (Lipinski definition) is 4. The number of rotatable bonds is 5. The number of carbonyl (C=O) groups excluding carboxylic acids is 1. The van der Waals surface area contributed by atoms with Crippen LogP contribution in [0, 0.1) is 5.92 Å². The maximum Gasteiger partial charge on any atom is 0.258 e. The van der Waals surface area contributed by atoms with Gasteiger partial charge in [-0.2, -0.15) is 0 Å². The summed E-state index contributed by atoms with van der Waals surface area (Å²) in [5.74, 6) is 1.15. The minimum absolute atomic E-state index is 0.0275. The first-order valence-electron chi connectivity index (χ1n) is 10.2. The van der Waals surface area contributed by atoms with Crippen LogP contribution in [-0.4, -0.2) is 67.6 Å². The van der Waals surface area contributed by atoms with Gasteiger partial charge in [0.15, 0.2) is 6.61 Å². The molecular formula is C23H27N3O2. The summed E-state index contributed by atoms with van der Waals surface area (Å²) in [5, 5.41) is 3.38. The van der Waals surface area contributed by atoms with Gasteiger partial charge in [-0.3, -0.25) is 4.79 Å². The second kappa shape index (κ2) is 7.22. The number of nitrogens with zero attached hydrogens (tertiary/aromatic N) is 2. The Morgan fingerprint density at radius 2 is 1.57 bits per heavy atom. The molecule has 4 fully saturated rings. The molecule has 5 nitrogen and oxygen atoms in total. The lowest BCUT2D eigenvalue weighted by molar-refractivity contribution is -0.126. The van der Waals surface area contributed by atoms with Crippen LogP contribution >= 0.6 is 0 Å². The van der Waals surface area contributed by atoms with Gasteiger partial charge < -0.3 is 19.9 Å². The van der Waals surface area contributed by atoms with Crippen LogP contribution < -0.4 is 10.1 Å². The van der Waals surface area contributed by atoms with Gasteiger partial charge in [-0.25, -0.2) is 0 Å². The molecule has 4 aliphatic heterocycles. The Labute approximate surface area is 166 Å². The fourth-order valence-electron chi connectivity index (χ4n) is 5.45. The number of fused-ring (bicyclic) bond motifs is 1. The molecule has 0 saturated carbocycles. The highest BCUT2D eigenvalue weighted by atomic mass is 16.5. The lowest BCUT2D eigenvalue weighted by Crippen LogP contribution is -2.71. The Hall–Kier alpha value is -2.37. The molecule has 5 heteroatoms. The molecular weight excluding hydrogens is 350 g/mol. The Balaban J connectivity index is 1.38. The van der Waals surface area contributed by atoms with Crippen molar-refractivity contribution in [3.05, 3.63) is 66.2 Å². The van der Waals surface area contributed by atoms with Gasteiger partial charge in [-0.05, 0) is 17.7 Å². The molecule has 2 aromatic rings. The average Bonchev–Trinajstić information content (AvgIpc) is 2.99. The predicted molar refractivity (Wildman–Crippen MR) is 108 cm³/mol. The van der Waals surface area contributed by atoms with E-state index < -0.39 is 0 Å². The van der Waals surface area contributed by atoms with Crippen LogP contribution in [0.15, 0.2) is 60.7 Å². The van der Waals surface area contributed by atoms with Gasteiger partial charge in [0.05, 0.1) is 0 Å². The number of para-hydroxylation sites is 1. The summed E-state index contributed by atoms with van der Waals surface area (Å²) >= 11 is 0. The summed E-state index contributed by atoms with van der Waals surface area (Å²) in [5.41, 5.74) is 1.28. The van der Waals surface area contributed by atoms with E-state index in [4.69, 9.17) is 4.74 Å². The molecule has 6 rings (SSSR count). The first-order valence-corrected chi connectivity index (χ1v) is 10.2. The minimum atomic E-state index is -0.0542. The Morgan fingerprint density at radius 1 is 0.964 bits per heavy atom. The number of piperidine rings is 2. The summed E-state index contributed by atoms with van der Waals surface area (Å²) in [6, 6.07) is 20.5. The Kier molecular flexibility index (Phi) is 4.57. The second-order valence-electron chi connectivity index (χ2n) is 8.40. The molecule has 3 atom stereocenters. The zero-order valence-electron chi connectivity index (χ0n) is 16.1. The molecule has 1 N–H and O–H groups in total. The topological polar surface area (TPSA) is 44.8 Å². The summed E-state index contributed by atoms with van der Waals surface area (Å²) < 4.78 is 5.69. The van der Waals surface area contributed by atoms with Crippen molar-refractivity contribution in [1.29, 1.82) is 0 Å². The monoisotopic (exact) mass is 377 g/mol. The normalized spacial score (nSPS) is 33.3. The van der Waals surface area contributed by atoms with Gasteiger partial charge in [0.25, 0.3) is 5.91 Å². The standard InChI is InChI=1S/C23H27N3O2/c27-21(15-28-20-9-5-2-6-10-20)24-22-18-13-25-11-12-26(14-18)17-23(22,16-25)19-7-3-1-4-8-19/h1-10,18,22H,11-17H2,(H,24,27)/t18?,22-,23?/m0/s1. The zero-order valence-corrected chi connectivity index (χ0v) is 16.1. The third-order valence-electron chi connectivity index (χ3n) is 6.57. The Bertz CT molecular complexity index is 810. The molecule has 1 amide bonds. The third kappa shape index (κ3) is 3.19. The molecule has 4 aliphatic rings. The maximum absolute atomic E-state index is 12.8. The van der Waals surface area contributed by atoms with Crippen LogP contribution in [-0.2, 0) is 10.2 Å². The van der Waals surface area contributed by atoms with E-state index in [2.05, 4.69) is 45.4 Å². The highest BCUT2D eigenvalue weighted by molar-refractivity contribution is 5.78. The van der Waals surface area contributed by atoms with E-state index in [0.29, 0.717) is 5.92 Å². The molecule has 0 radical (unpaired) electrons. The van der Waals surface area contributed by atoms with Crippen molar-refractivity contribution >= 4 is 5.91 Å². The van der Waals surface area contributed by atoms with Crippen LogP contribution in [0.1, 0.15) is 5.56 Å². The predicted octanol–water partition coefficient (Wildman–Crippen LogP) is 1.75. The van der Waals surface area contributed by atoms with E-state index in [0.717, 1.165) is 45.0 Å². The van der Waals surface area contributed by atoms with Gasteiger partial charge in [-0.1, -0.05) is 48.5 Å². The van der Waals surface area contributed by atoms with Gasteiger partial charge >= 0.3 is 0 Å². The summed E-state index contributed by atoms with van der Waals surface area (Å²) in [7, 11) is 0. The number of ether oxygens (including phenoxy) is 1. The van der Waals surface area contributed by atoms with E-state index in [1.807, 2.05) is 30.3 Å². The molecule has 4 heterocycles. The van der Waals surface area contributed by atoms with Crippen molar-refractivity contribution in [3.63, 3.8) is 0 Å². The molecule has 4 saturated heterocycles. The third-order valence-corrected chi connectivity index (χ3v) is 6.57. The fourth-order valence-corrected chi connectivity index (χ4v) is 5.45. The number of carbonyl (C=O) groups is 1.